The molecule has 6 aromatic rings. The predicted octanol–water partition coefficient (Wildman–Crippen LogP) is 12.9. The molecule has 0 spiro atoms. The maximum absolute atomic E-state index is 2.40. The van der Waals surface area contributed by atoms with Crippen molar-refractivity contribution in [3.63, 3.8) is 0 Å². The fourth-order valence-corrected chi connectivity index (χ4v) is 8.35. The van der Waals surface area contributed by atoms with Gasteiger partial charge in [-0.25, -0.2) is 18.3 Å². The zero-order chi connectivity index (χ0) is 46.1. The van der Waals surface area contributed by atoms with Crippen LogP contribution in [-0.2, 0) is 60.7 Å². The second-order valence-electron chi connectivity index (χ2n) is 22.8. The van der Waals surface area contributed by atoms with E-state index in [0.29, 0.717) is 0 Å². The van der Waals surface area contributed by atoms with Crippen molar-refractivity contribution in [1.82, 2.24) is 0 Å². The van der Waals surface area contributed by atoms with Gasteiger partial charge in [0, 0.05) is 74.2 Å². The van der Waals surface area contributed by atoms with Gasteiger partial charge in [-0.15, -0.1) is 0 Å². The van der Waals surface area contributed by atoms with Crippen LogP contribution >= 0.6 is 0 Å². The molecule has 338 valence electrons. The Labute approximate surface area is 389 Å². The second-order valence-corrected chi connectivity index (χ2v) is 22.8. The minimum Gasteiger partial charge on any atom is -0.205 e. The monoisotopic (exact) mass is 859 g/mol. The summed E-state index contributed by atoms with van der Waals surface area (Å²) in [6.45, 7) is 32.0. The Morgan fingerprint density at radius 1 is 0.281 bits per heavy atom. The van der Waals surface area contributed by atoms with Gasteiger partial charge >= 0.3 is 0 Å². The molecule has 0 aliphatic heterocycles. The first-order valence-corrected chi connectivity index (χ1v) is 24.5. The lowest BCUT2D eigenvalue weighted by molar-refractivity contribution is -0.701. The van der Waals surface area contributed by atoms with Gasteiger partial charge in [0.1, 0.15) is 26.2 Å². The van der Waals surface area contributed by atoms with E-state index in [0.717, 1.165) is 39.0 Å². The molecule has 0 radical (unpaired) electrons. The van der Waals surface area contributed by atoms with E-state index < -0.39 is 0 Å². The van der Waals surface area contributed by atoms with E-state index >= 15 is 0 Å². The number of benzene rings is 2. The Hall–Kier alpha value is -4.96. The normalized spacial score (nSPS) is 12.5. The smallest absolute Gasteiger partial charge is 0.169 e. The molecule has 0 N–H and O–H groups in total. The van der Waals surface area contributed by atoms with Crippen LogP contribution in [0.15, 0.2) is 135 Å². The highest BCUT2D eigenvalue weighted by molar-refractivity contribution is 5.66. The zero-order valence-electron chi connectivity index (χ0n) is 42.0. The average Bonchev–Trinajstić information content (AvgIpc) is 3.25. The molecule has 6 rings (SSSR count). The van der Waals surface area contributed by atoms with Crippen molar-refractivity contribution in [3.05, 3.63) is 168 Å². The van der Waals surface area contributed by atoms with Crippen LogP contribution in [0.4, 0.5) is 0 Å². The fourth-order valence-electron chi connectivity index (χ4n) is 8.35. The highest BCUT2D eigenvalue weighted by Gasteiger charge is 2.23. The molecule has 4 heterocycles. The second kappa shape index (κ2) is 20.9. The lowest BCUT2D eigenvalue weighted by Crippen LogP contribution is -2.34. The first-order valence-electron chi connectivity index (χ1n) is 24.5. The van der Waals surface area contributed by atoms with Gasteiger partial charge in [-0.1, -0.05) is 119 Å². The van der Waals surface area contributed by atoms with E-state index in [1.165, 1.54) is 94.2 Å². The maximum atomic E-state index is 2.40. The van der Waals surface area contributed by atoms with Gasteiger partial charge in [0.05, 0.1) is 0 Å². The number of hydrogen-bond acceptors (Lipinski definition) is 0. The first-order chi connectivity index (χ1) is 30.2. The number of aromatic nitrogens is 4. The Kier molecular flexibility index (Phi) is 15.8. The van der Waals surface area contributed by atoms with E-state index in [9.17, 15) is 0 Å². The van der Waals surface area contributed by atoms with Crippen LogP contribution in [0.1, 0.15) is 155 Å². The highest BCUT2D eigenvalue weighted by atomic mass is 14.9. The number of unbranched alkanes of at least 4 members (excludes halogenated alkanes) is 4. The van der Waals surface area contributed by atoms with E-state index in [1.54, 1.807) is 0 Å². The SMILES string of the molecule is CC(C)(C)c1cc(-c2cc[n+](CCCCC[n+]3ccc(CCc4cc[n+](CCCCC[n+]5ccc(-c6cc(C(C)(C)C)cc(C(C)(C)C)c6)cc5)cc4)cc3)cc2)cc(C(C)(C)C)c1. The van der Waals surface area contributed by atoms with Crippen LogP contribution in [0.3, 0.4) is 0 Å². The molecule has 0 aliphatic rings. The Balaban J connectivity index is 0.860. The topological polar surface area (TPSA) is 15.5 Å². The molecule has 2 aromatic carbocycles. The molecule has 0 amide bonds. The molecule has 0 saturated carbocycles. The number of hydrogen-bond donors (Lipinski definition) is 0. The lowest BCUT2D eigenvalue weighted by atomic mass is 9.79. The third-order valence-electron chi connectivity index (χ3n) is 13.1. The largest absolute Gasteiger partial charge is 0.205 e. The molecule has 0 aliphatic carbocycles. The standard InChI is InChI=1S/C60H82N4/c1-57(2,3)53-41-51(42-54(45-53)58(4,5)6)49-25-37-63(38-26-49)31-17-13-15-29-61-33-21-47(22-34-61)19-20-48-23-35-62(36-24-48)30-16-14-18-32-64-39-27-50(28-40-64)52-43-55(59(7,8)9)46-56(44-52)60(10,11)12/h21-28,33-46H,13-20,29-32H2,1-12H3/q+4. The minimum absolute atomic E-state index is 0.120. The fraction of sp³-hybridized carbons (Fsp3) is 0.467. The van der Waals surface area contributed by atoms with Crippen molar-refractivity contribution in [2.45, 2.75) is 182 Å². The number of aryl methyl sites for hydroxylation is 6. The van der Waals surface area contributed by atoms with E-state index in [-0.39, 0.29) is 21.7 Å². The molecule has 0 saturated heterocycles. The molecule has 0 unspecified atom stereocenters. The van der Waals surface area contributed by atoms with Crippen LogP contribution in [0.5, 0.6) is 0 Å². The lowest BCUT2D eigenvalue weighted by Gasteiger charge is -2.26. The van der Waals surface area contributed by atoms with Gasteiger partial charge in [0.2, 0.25) is 0 Å². The van der Waals surface area contributed by atoms with Gasteiger partial charge in [-0.05, 0) is 103 Å². The minimum atomic E-state index is 0.120. The van der Waals surface area contributed by atoms with Gasteiger partial charge in [-0.3, -0.25) is 0 Å². The third-order valence-corrected chi connectivity index (χ3v) is 13.1. The van der Waals surface area contributed by atoms with Crippen LogP contribution < -0.4 is 18.3 Å². The van der Waals surface area contributed by atoms with Crippen LogP contribution in [0.25, 0.3) is 22.3 Å². The van der Waals surface area contributed by atoms with Crippen LogP contribution in [0.2, 0.25) is 0 Å². The Bertz CT molecular complexity index is 2140. The quantitative estimate of drug-likeness (QED) is 0.0641. The van der Waals surface area contributed by atoms with Gasteiger partial charge < -0.3 is 0 Å². The first kappa shape index (κ1) is 48.5. The number of rotatable bonds is 17. The van der Waals surface area contributed by atoms with Crippen LogP contribution in [0, 0.1) is 0 Å². The third kappa shape index (κ3) is 14.3. The molecule has 0 bridgehead atoms. The van der Waals surface area contributed by atoms with E-state index in [2.05, 4.69) is 236 Å². The van der Waals surface area contributed by atoms with Crippen molar-refractivity contribution in [2.24, 2.45) is 0 Å². The Morgan fingerprint density at radius 2 is 0.516 bits per heavy atom. The van der Waals surface area contributed by atoms with Gasteiger partial charge in [0.15, 0.2) is 49.6 Å². The van der Waals surface area contributed by atoms with Crippen molar-refractivity contribution >= 4 is 0 Å². The molecule has 4 nitrogen and oxygen atoms in total. The molecule has 0 fully saturated rings. The molecule has 4 heteroatoms. The summed E-state index contributed by atoms with van der Waals surface area (Å²) in [5.74, 6) is 0. The average molecular weight is 859 g/mol. The molecule has 0 atom stereocenters. The predicted molar refractivity (Wildman–Crippen MR) is 267 cm³/mol. The maximum Gasteiger partial charge on any atom is 0.169 e. The molecular formula is C60H82N4+4. The summed E-state index contributed by atoms with van der Waals surface area (Å²) in [4.78, 5) is 0. The number of pyridine rings is 4. The molecular weight excluding hydrogens is 777 g/mol. The highest BCUT2D eigenvalue weighted by Crippen LogP contribution is 2.35. The van der Waals surface area contributed by atoms with Crippen LogP contribution in [-0.4, -0.2) is 0 Å². The zero-order valence-corrected chi connectivity index (χ0v) is 42.0. The summed E-state index contributed by atoms with van der Waals surface area (Å²) in [7, 11) is 0. The summed E-state index contributed by atoms with van der Waals surface area (Å²) >= 11 is 0. The van der Waals surface area contributed by atoms with Crippen molar-refractivity contribution in [1.29, 1.82) is 0 Å². The van der Waals surface area contributed by atoms with Crippen molar-refractivity contribution in [3.8, 4) is 22.3 Å². The summed E-state index contributed by atoms with van der Waals surface area (Å²) < 4.78 is 9.37. The summed E-state index contributed by atoms with van der Waals surface area (Å²) in [6, 6.07) is 32.7. The summed E-state index contributed by atoms with van der Waals surface area (Å²) in [5.41, 5.74) is 14.1. The summed E-state index contributed by atoms with van der Waals surface area (Å²) in [6.07, 6.45) is 27.5. The van der Waals surface area contributed by atoms with Gasteiger partial charge in [-0.2, -0.15) is 0 Å². The number of nitrogens with zero attached hydrogens (tertiary/aromatic N) is 4. The Morgan fingerprint density at radius 3 is 0.750 bits per heavy atom. The molecule has 64 heavy (non-hydrogen) atoms. The molecule has 4 aromatic heterocycles. The van der Waals surface area contributed by atoms with E-state index in [4.69, 9.17) is 0 Å². The van der Waals surface area contributed by atoms with Crippen molar-refractivity contribution < 1.29 is 18.3 Å². The summed E-state index contributed by atoms with van der Waals surface area (Å²) in [5, 5.41) is 0. The van der Waals surface area contributed by atoms with Gasteiger partial charge in [0.25, 0.3) is 0 Å². The van der Waals surface area contributed by atoms with E-state index in [1.807, 2.05) is 0 Å². The van der Waals surface area contributed by atoms with Crippen molar-refractivity contribution in [2.75, 3.05) is 0 Å².